The highest BCUT2D eigenvalue weighted by Gasteiger charge is 2.22. The number of pyridine rings is 1. The van der Waals surface area contributed by atoms with Crippen LogP contribution in [-0.2, 0) is 6.54 Å². The zero-order chi connectivity index (χ0) is 12.7. The molecule has 1 N–H and O–H groups in total. The van der Waals surface area contributed by atoms with Crippen LogP contribution in [0, 0.1) is 0 Å². The Kier molecular flexibility index (Phi) is 5.42. The molecule has 0 fully saturated rings. The lowest BCUT2D eigenvalue weighted by molar-refractivity contribution is 0.288. The third-order valence-electron chi connectivity index (χ3n) is 3.70. The normalized spacial score (nSPS) is 11.5. The first-order valence-corrected chi connectivity index (χ1v) is 6.43. The molecule has 3 nitrogen and oxygen atoms in total. The maximum atomic E-state index is 5.05. The third kappa shape index (κ3) is 3.70. The minimum absolute atomic E-state index is 0.264. The molecule has 0 aromatic carbocycles. The predicted octanol–water partition coefficient (Wildman–Crippen LogP) is 3.15. The molecule has 0 aliphatic rings. The average Bonchev–Trinajstić information content (AvgIpc) is 2.41. The number of rotatable bonds is 7. The van der Waals surface area contributed by atoms with Crippen LogP contribution in [0.2, 0.25) is 0 Å². The molecule has 17 heavy (non-hydrogen) atoms. The summed E-state index contributed by atoms with van der Waals surface area (Å²) in [5, 5.41) is 3.66. The summed E-state index contributed by atoms with van der Waals surface area (Å²) in [5.74, 6) is 0.668. The van der Waals surface area contributed by atoms with E-state index in [-0.39, 0.29) is 5.54 Å². The molecule has 0 saturated heterocycles. The van der Waals surface area contributed by atoms with Crippen LogP contribution in [0.5, 0.6) is 5.88 Å². The molecule has 1 aromatic heterocycles. The predicted molar refractivity (Wildman–Crippen MR) is 71.2 cm³/mol. The molecule has 0 bridgehead atoms. The van der Waals surface area contributed by atoms with E-state index < -0.39 is 0 Å². The molecule has 1 heterocycles. The minimum Gasteiger partial charge on any atom is -0.481 e. The third-order valence-corrected chi connectivity index (χ3v) is 3.70. The van der Waals surface area contributed by atoms with Gasteiger partial charge in [0.05, 0.1) is 7.11 Å². The second-order valence-corrected chi connectivity index (χ2v) is 4.40. The fraction of sp³-hybridized carbons (Fsp3) is 0.643. The molecule has 0 amide bonds. The van der Waals surface area contributed by atoms with E-state index in [1.54, 1.807) is 7.11 Å². The molecule has 0 unspecified atom stereocenters. The molecule has 0 spiro atoms. The van der Waals surface area contributed by atoms with Crippen molar-refractivity contribution in [3.8, 4) is 5.88 Å². The van der Waals surface area contributed by atoms with E-state index in [0.717, 1.165) is 25.8 Å². The number of methoxy groups -OCH3 is 1. The SMILES string of the molecule is CCC(CC)(CC)NCc1ccc(OC)nc1. The Morgan fingerprint density at radius 1 is 1.18 bits per heavy atom. The molecule has 0 aliphatic heterocycles. The van der Waals surface area contributed by atoms with Crippen molar-refractivity contribution in [1.82, 2.24) is 10.3 Å². The second kappa shape index (κ2) is 6.60. The highest BCUT2D eigenvalue weighted by Crippen LogP contribution is 2.20. The smallest absolute Gasteiger partial charge is 0.212 e. The Morgan fingerprint density at radius 3 is 2.24 bits per heavy atom. The first-order valence-electron chi connectivity index (χ1n) is 6.43. The maximum Gasteiger partial charge on any atom is 0.212 e. The molecule has 0 saturated carbocycles. The van der Waals surface area contributed by atoms with Crippen molar-refractivity contribution < 1.29 is 4.74 Å². The van der Waals surface area contributed by atoms with Crippen LogP contribution in [0.25, 0.3) is 0 Å². The van der Waals surface area contributed by atoms with Crippen LogP contribution >= 0.6 is 0 Å². The van der Waals surface area contributed by atoms with Crippen LogP contribution in [0.4, 0.5) is 0 Å². The lowest BCUT2D eigenvalue weighted by Gasteiger charge is -2.32. The number of hydrogen-bond donors (Lipinski definition) is 1. The van der Waals surface area contributed by atoms with Crippen molar-refractivity contribution in [3.63, 3.8) is 0 Å². The van der Waals surface area contributed by atoms with E-state index in [1.165, 1.54) is 5.56 Å². The fourth-order valence-corrected chi connectivity index (χ4v) is 2.05. The van der Waals surface area contributed by atoms with E-state index in [0.29, 0.717) is 5.88 Å². The fourth-order valence-electron chi connectivity index (χ4n) is 2.05. The first-order chi connectivity index (χ1) is 8.19. The number of nitrogens with zero attached hydrogens (tertiary/aromatic N) is 1. The van der Waals surface area contributed by atoms with E-state index in [9.17, 15) is 0 Å². The topological polar surface area (TPSA) is 34.1 Å². The van der Waals surface area contributed by atoms with Crippen molar-refractivity contribution in [2.75, 3.05) is 7.11 Å². The van der Waals surface area contributed by atoms with Crippen LogP contribution in [0.1, 0.15) is 45.6 Å². The van der Waals surface area contributed by atoms with Crippen molar-refractivity contribution in [3.05, 3.63) is 23.9 Å². The Balaban J connectivity index is 2.59. The summed E-state index contributed by atoms with van der Waals surface area (Å²) in [6.45, 7) is 7.59. The summed E-state index contributed by atoms with van der Waals surface area (Å²) >= 11 is 0. The van der Waals surface area contributed by atoms with Crippen molar-refractivity contribution in [2.45, 2.75) is 52.1 Å². The molecule has 1 rings (SSSR count). The van der Waals surface area contributed by atoms with Gasteiger partial charge in [0.2, 0.25) is 5.88 Å². The highest BCUT2D eigenvalue weighted by molar-refractivity contribution is 5.17. The molecule has 0 aliphatic carbocycles. The molecule has 1 aromatic rings. The quantitative estimate of drug-likeness (QED) is 0.789. The molecule has 0 radical (unpaired) electrons. The number of hydrogen-bond acceptors (Lipinski definition) is 3. The van der Waals surface area contributed by atoms with Gasteiger partial charge < -0.3 is 10.1 Å². The van der Waals surface area contributed by atoms with Gasteiger partial charge in [-0.05, 0) is 24.8 Å². The number of nitrogens with one attached hydrogen (secondary N) is 1. The number of aromatic nitrogens is 1. The summed E-state index contributed by atoms with van der Waals surface area (Å²) in [4.78, 5) is 4.21. The summed E-state index contributed by atoms with van der Waals surface area (Å²) < 4.78 is 5.05. The molecular formula is C14H24N2O. The van der Waals surface area contributed by atoms with Gasteiger partial charge in [0.15, 0.2) is 0 Å². The van der Waals surface area contributed by atoms with Gasteiger partial charge in [0.1, 0.15) is 0 Å². The van der Waals surface area contributed by atoms with Gasteiger partial charge in [-0.2, -0.15) is 0 Å². The molecule has 3 heteroatoms. The number of ether oxygens (including phenoxy) is 1. The highest BCUT2D eigenvalue weighted by atomic mass is 16.5. The van der Waals surface area contributed by atoms with Crippen LogP contribution in [-0.4, -0.2) is 17.6 Å². The van der Waals surface area contributed by atoms with Gasteiger partial charge in [0.25, 0.3) is 0 Å². The van der Waals surface area contributed by atoms with Crippen LogP contribution in [0.15, 0.2) is 18.3 Å². The summed E-state index contributed by atoms with van der Waals surface area (Å²) in [5.41, 5.74) is 1.46. The Morgan fingerprint density at radius 2 is 1.82 bits per heavy atom. The zero-order valence-corrected chi connectivity index (χ0v) is 11.4. The van der Waals surface area contributed by atoms with E-state index >= 15 is 0 Å². The lowest BCUT2D eigenvalue weighted by Crippen LogP contribution is -2.43. The zero-order valence-electron chi connectivity index (χ0n) is 11.4. The Bertz CT molecular complexity index is 309. The van der Waals surface area contributed by atoms with Crippen molar-refractivity contribution in [2.24, 2.45) is 0 Å². The van der Waals surface area contributed by atoms with E-state index in [2.05, 4.69) is 37.1 Å². The first kappa shape index (κ1) is 14.0. The standard InChI is InChI=1S/C14H24N2O/c1-5-14(6-2,7-3)16-11-12-8-9-13(17-4)15-10-12/h8-10,16H,5-7,11H2,1-4H3. The largest absolute Gasteiger partial charge is 0.481 e. The maximum absolute atomic E-state index is 5.05. The van der Waals surface area contributed by atoms with Crippen LogP contribution < -0.4 is 10.1 Å². The lowest BCUT2D eigenvalue weighted by atomic mass is 9.89. The Labute approximate surface area is 105 Å². The van der Waals surface area contributed by atoms with E-state index in [4.69, 9.17) is 4.74 Å². The summed E-state index contributed by atoms with van der Waals surface area (Å²) in [6.07, 6.45) is 5.34. The minimum atomic E-state index is 0.264. The van der Waals surface area contributed by atoms with Gasteiger partial charge in [-0.3, -0.25) is 0 Å². The van der Waals surface area contributed by atoms with Crippen LogP contribution in [0.3, 0.4) is 0 Å². The van der Waals surface area contributed by atoms with Crippen molar-refractivity contribution >= 4 is 0 Å². The van der Waals surface area contributed by atoms with Gasteiger partial charge >= 0.3 is 0 Å². The second-order valence-electron chi connectivity index (χ2n) is 4.40. The molecule has 0 atom stereocenters. The Hall–Kier alpha value is -1.09. The van der Waals surface area contributed by atoms with Gasteiger partial charge in [-0.25, -0.2) is 4.98 Å². The summed E-state index contributed by atoms with van der Waals surface area (Å²) in [6, 6.07) is 3.97. The van der Waals surface area contributed by atoms with E-state index in [1.807, 2.05) is 12.3 Å². The average molecular weight is 236 g/mol. The summed E-state index contributed by atoms with van der Waals surface area (Å²) in [7, 11) is 1.64. The van der Waals surface area contributed by atoms with Gasteiger partial charge in [-0.15, -0.1) is 0 Å². The van der Waals surface area contributed by atoms with Crippen molar-refractivity contribution in [1.29, 1.82) is 0 Å². The molecule has 96 valence electrons. The monoisotopic (exact) mass is 236 g/mol. The van der Waals surface area contributed by atoms with Gasteiger partial charge in [-0.1, -0.05) is 26.8 Å². The molecular weight excluding hydrogens is 212 g/mol. The van der Waals surface area contributed by atoms with Gasteiger partial charge in [0, 0.05) is 24.3 Å².